The number of carbonyl (C=O) groups excluding carboxylic acids is 2. The first kappa shape index (κ1) is 26.8. The Morgan fingerprint density at radius 2 is 1.83 bits per heavy atom. The van der Waals surface area contributed by atoms with E-state index in [4.69, 9.17) is 9.26 Å². The van der Waals surface area contributed by atoms with E-state index in [1.165, 1.54) is 44.2 Å². The van der Waals surface area contributed by atoms with Gasteiger partial charge in [-0.2, -0.15) is 4.98 Å². The summed E-state index contributed by atoms with van der Waals surface area (Å²) in [7, 11) is -4.08. The molecule has 10 heteroatoms. The first-order valence-corrected chi connectivity index (χ1v) is 13.7. The summed E-state index contributed by atoms with van der Waals surface area (Å²) >= 11 is 0. The molecule has 0 spiro atoms. The third-order valence-electron chi connectivity index (χ3n) is 6.00. The summed E-state index contributed by atoms with van der Waals surface area (Å²) in [4.78, 5) is 29.1. The Morgan fingerprint density at radius 1 is 1.14 bits per heavy atom. The summed E-state index contributed by atoms with van der Waals surface area (Å²) in [6, 6.07) is 7.53. The van der Waals surface area contributed by atoms with Crippen LogP contribution in [0.25, 0.3) is 0 Å². The van der Waals surface area contributed by atoms with Gasteiger partial charge in [-0.15, -0.1) is 0 Å². The van der Waals surface area contributed by atoms with E-state index in [9.17, 15) is 18.0 Å². The Bertz CT molecular complexity index is 1090. The second kappa shape index (κ2) is 11.8. The molecule has 0 bridgehead atoms. The molecule has 1 N–H and O–H groups in total. The van der Waals surface area contributed by atoms with Gasteiger partial charge in [-0.1, -0.05) is 68.3 Å². The molecule has 1 aliphatic carbocycles. The monoisotopic (exact) mass is 505 g/mol. The number of nitrogens with zero attached hydrogens (tertiary/aromatic N) is 2. The Labute approximate surface area is 207 Å². The Kier molecular flexibility index (Phi) is 9.04. The Morgan fingerprint density at radius 3 is 2.49 bits per heavy atom. The number of hydrogen-bond acceptors (Lipinski definition) is 8. The normalized spacial score (nSPS) is 16.0. The molecule has 0 radical (unpaired) electrons. The van der Waals surface area contributed by atoms with Crippen molar-refractivity contribution < 1.29 is 27.3 Å². The number of aromatic nitrogens is 2. The lowest BCUT2D eigenvalue weighted by molar-refractivity contribution is -0.155. The molecular formula is C25H35N3O6S. The highest BCUT2D eigenvalue weighted by Gasteiger charge is 2.28. The van der Waals surface area contributed by atoms with Gasteiger partial charge in [-0.25, -0.2) is 13.1 Å². The van der Waals surface area contributed by atoms with Crippen LogP contribution in [0, 0.1) is 5.92 Å². The van der Waals surface area contributed by atoms with E-state index in [0.29, 0.717) is 12.3 Å². The molecule has 1 heterocycles. The van der Waals surface area contributed by atoms with Crippen molar-refractivity contribution in [3.8, 4) is 0 Å². The highest BCUT2D eigenvalue weighted by atomic mass is 32.2. The molecule has 1 aromatic heterocycles. The molecule has 0 unspecified atom stereocenters. The molecule has 2 aromatic rings. The zero-order valence-corrected chi connectivity index (χ0v) is 21.5. The summed E-state index contributed by atoms with van der Waals surface area (Å²) in [6.45, 7) is 5.39. The molecule has 0 aliphatic heterocycles. The van der Waals surface area contributed by atoms with E-state index in [0.717, 1.165) is 12.8 Å². The van der Waals surface area contributed by atoms with E-state index in [-0.39, 0.29) is 17.2 Å². The molecule has 1 aliphatic rings. The summed E-state index contributed by atoms with van der Waals surface area (Å²) in [5, 5.41) is 3.68. The van der Waals surface area contributed by atoms with Crippen molar-refractivity contribution in [1.82, 2.24) is 14.9 Å². The van der Waals surface area contributed by atoms with Gasteiger partial charge in [0.25, 0.3) is 15.8 Å². The fourth-order valence-corrected chi connectivity index (χ4v) is 5.31. The summed E-state index contributed by atoms with van der Waals surface area (Å²) < 4.78 is 37.6. The van der Waals surface area contributed by atoms with Crippen molar-refractivity contribution in [2.45, 2.75) is 95.0 Å². The van der Waals surface area contributed by atoms with Crippen LogP contribution in [0.1, 0.15) is 101 Å². The second-order valence-electron chi connectivity index (χ2n) is 10.1. The topological polar surface area (TPSA) is 128 Å². The molecule has 1 aromatic carbocycles. The lowest BCUT2D eigenvalue weighted by Crippen LogP contribution is -2.31. The predicted molar refractivity (Wildman–Crippen MR) is 129 cm³/mol. The lowest BCUT2D eigenvalue weighted by atomic mass is 9.84. The average Bonchev–Trinajstić information content (AvgIpc) is 3.29. The van der Waals surface area contributed by atoms with Crippen LogP contribution in [0.15, 0.2) is 39.8 Å². The molecule has 1 atom stereocenters. The number of ether oxygens (including phenoxy) is 1. The van der Waals surface area contributed by atoms with Crippen LogP contribution in [-0.2, 0) is 19.6 Å². The quantitative estimate of drug-likeness (QED) is 0.458. The van der Waals surface area contributed by atoms with Crippen molar-refractivity contribution in [3.63, 3.8) is 0 Å². The Hall–Kier alpha value is -2.75. The van der Waals surface area contributed by atoms with E-state index in [1.54, 1.807) is 39.0 Å². The maximum absolute atomic E-state index is 12.5. The minimum atomic E-state index is -4.08. The van der Waals surface area contributed by atoms with Crippen LogP contribution in [0.2, 0.25) is 0 Å². The fourth-order valence-electron chi connectivity index (χ4n) is 4.35. The van der Waals surface area contributed by atoms with Crippen molar-refractivity contribution in [2.75, 3.05) is 0 Å². The molecule has 1 fully saturated rings. The van der Waals surface area contributed by atoms with Crippen LogP contribution >= 0.6 is 0 Å². The van der Waals surface area contributed by atoms with Gasteiger partial charge in [-0.3, -0.25) is 9.59 Å². The zero-order chi connectivity index (χ0) is 25.5. The fraction of sp³-hybridized carbons (Fsp3) is 0.600. The minimum Gasteiger partial charge on any atom is -0.460 e. The van der Waals surface area contributed by atoms with Crippen molar-refractivity contribution in [2.24, 2.45) is 5.92 Å². The molecule has 1 saturated carbocycles. The number of carbonyl (C=O) groups is 2. The maximum atomic E-state index is 12.5. The van der Waals surface area contributed by atoms with Gasteiger partial charge >= 0.3 is 11.9 Å². The third-order valence-corrected chi connectivity index (χ3v) is 7.34. The molecule has 3 rings (SSSR count). The first-order valence-electron chi connectivity index (χ1n) is 12.2. The van der Waals surface area contributed by atoms with Crippen LogP contribution in [-0.4, -0.2) is 36.0 Å². The SMILES string of the molecule is CC(C)(C)OC(=O)C[C@@H](CCCC1CCCCC1)c1nc(C(=O)NS(=O)(=O)c2ccccc2)no1. The van der Waals surface area contributed by atoms with E-state index in [1.807, 2.05) is 4.72 Å². The molecule has 35 heavy (non-hydrogen) atoms. The summed E-state index contributed by atoms with van der Waals surface area (Å²) in [6.07, 6.45) is 8.89. The summed E-state index contributed by atoms with van der Waals surface area (Å²) in [5.41, 5.74) is -0.630. The maximum Gasteiger partial charge on any atom is 0.307 e. The number of esters is 1. The van der Waals surface area contributed by atoms with Crippen molar-refractivity contribution in [1.29, 1.82) is 0 Å². The Balaban J connectivity index is 1.68. The highest BCUT2D eigenvalue weighted by Crippen LogP contribution is 2.31. The average molecular weight is 506 g/mol. The number of sulfonamides is 1. The number of nitrogens with one attached hydrogen (secondary N) is 1. The van der Waals surface area contributed by atoms with Crippen LogP contribution in [0.4, 0.5) is 0 Å². The molecule has 0 saturated heterocycles. The number of rotatable bonds is 10. The number of hydrogen-bond donors (Lipinski definition) is 1. The highest BCUT2D eigenvalue weighted by molar-refractivity contribution is 7.90. The molecule has 9 nitrogen and oxygen atoms in total. The standard InChI is InChI=1S/C25H35N3O6S/c1-25(2,3)33-21(29)17-19(14-10-13-18-11-6-4-7-12-18)24-26-22(27-34-24)23(30)28-35(31,32)20-15-8-5-9-16-20/h5,8-9,15-16,18-19H,4,6-7,10-14,17H2,1-3H3,(H,28,30)/t19-/m1/s1. The largest absolute Gasteiger partial charge is 0.460 e. The number of amides is 1. The van der Waals surface area contributed by atoms with Crippen LogP contribution in [0.3, 0.4) is 0 Å². The first-order chi connectivity index (χ1) is 16.5. The minimum absolute atomic E-state index is 0.0352. The molecule has 192 valence electrons. The van der Waals surface area contributed by atoms with Crippen LogP contribution in [0.5, 0.6) is 0 Å². The van der Waals surface area contributed by atoms with E-state index in [2.05, 4.69) is 10.1 Å². The van der Waals surface area contributed by atoms with Crippen LogP contribution < -0.4 is 4.72 Å². The summed E-state index contributed by atoms with van der Waals surface area (Å²) in [5.74, 6) is -1.40. The van der Waals surface area contributed by atoms with E-state index < -0.39 is 39.2 Å². The van der Waals surface area contributed by atoms with Gasteiger partial charge in [0, 0.05) is 5.92 Å². The number of benzene rings is 1. The zero-order valence-electron chi connectivity index (χ0n) is 20.7. The molecule has 1 amide bonds. The van der Waals surface area contributed by atoms with E-state index >= 15 is 0 Å². The lowest BCUT2D eigenvalue weighted by Gasteiger charge is -2.23. The molecular weight excluding hydrogens is 470 g/mol. The van der Waals surface area contributed by atoms with Gasteiger partial charge in [0.15, 0.2) is 0 Å². The van der Waals surface area contributed by atoms with Gasteiger partial charge in [-0.05, 0) is 45.2 Å². The second-order valence-corrected chi connectivity index (χ2v) is 11.8. The van der Waals surface area contributed by atoms with Gasteiger partial charge in [0.05, 0.1) is 11.3 Å². The predicted octanol–water partition coefficient (Wildman–Crippen LogP) is 4.75. The smallest absolute Gasteiger partial charge is 0.307 e. The third kappa shape index (κ3) is 8.45. The van der Waals surface area contributed by atoms with Gasteiger partial charge < -0.3 is 9.26 Å². The van der Waals surface area contributed by atoms with Gasteiger partial charge in [0.1, 0.15) is 5.60 Å². The van der Waals surface area contributed by atoms with Crippen molar-refractivity contribution in [3.05, 3.63) is 42.0 Å². The van der Waals surface area contributed by atoms with Crippen molar-refractivity contribution >= 4 is 21.9 Å². The van der Waals surface area contributed by atoms with Gasteiger partial charge in [0.2, 0.25) is 5.89 Å².